The van der Waals surface area contributed by atoms with Gasteiger partial charge in [-0.15, -0.1) is 0 Å². The zero-order valence-electron chi connectivity index (χ0n) is 23.0. The van der Waals surface area contributed by atoms with E-state index in [0.29, 0.717) is 30.0 Å². The molecule has 1 aliphatic rings. The normalized spacial score (nSPS) is 13.5. The van der Waals surface area contributed by atoms with E-state index in [1.165, 1.54) is 6.07 Å². The first-order chi connectivity index (χ1) is 19.5. The van der Waals surface area contributed by atoms with Crippen molar-refractivity contribution in [2.75, 3.05) is 9.21 Å². The Morgan fingerprint density at radius 2 is 1.70 bits per heavy atom. The Hall–Kier alpha value is -4.03. The minimum atomic E-state index is -0.288. The van der Waals surface area contributed by atoms with Gasteiger partial charge in [0.05, 0.1) is 30.3 Å². The van der Waals surface area contributed by atoms with Crippen LogP contribution in [0.3, 0.4) is 0 Å². The predicted octanol–water partition coefficient (Wildman–Crippen LogP) is 7.00. The van der Waals surface area contributed by atoms with Crippen molar-refractivity contribution >= 4 is 29.4 Å². The van der Waals surface area contributed by atoms with Crippen molar-refractivity contribution in [3.8, 4) is 6.07 Å². The molecule has 1 aliphatic carbocycles. The zero-order valence-corrected chi connectivity index (χ0v) is 23.8. The summed E-state index contributed by atoms with van der Waals surface area (Å²) in [5.41, 5.74) is 3.94. The molecule has 1 aromatic carbocycles. The molecule has 3 aromatic heterocycles. The summed E-state index contributed by atoms with van der Waals surface area (Å²) in [4.78, 5) is 21.5. The number of hydrogen-bond acceptors (Lipinski definition) is 8. The van der Waals surface area contributed by atoms with Crippen molar-refractivity contribution in [2.24, 2.45) is 0 Å². The van der Waals surface area contributed by atoms with E-state index < -0.39 is 0 Å². The fourth-order valence-electron chi connectivity index (χ4n) is 4.62. The van der Waals surface area contributed by atoms with Crippen molar-refractivity contribution in [1.82, 2.24) is 19.9 Å². The van der Waals surface area contributed by atoms with Gasteiger partial charge in [0.1, 0.15) is 11.6 Å². The molecule has 0 unspecified atom stereocenters. The van der Waals surface area contributed by atoms with Crippen LogP contribution in [0.5, 0.6) is 0 Å². The standard InChI is InChI=1S/C31H32FN7S/c1-4-22-8-6-15-34-29(22)38(28-19-23(5-2)27(32)18-24(28)11-14-33)21-25-9-10-26(20-37-25)40-39(31(3)12-13-31)30-35-16-7-17-36-30/h6-10,15-20H,4-5,11-13,21H2,1-3H3. The summed E-state index contributed by atoms with van der Waals surface area (Å²) in [6.07, 6.45) is 10.8. The lowest BCUT2D eigenvalue weighted by atomic mass is 10.0. The molecule has 0 radical (unpaired) electrons. The number of hydrogen-bond donors (Lipinski definition) is 0. The molecule has 0 aliphatic heterocycles. The Kier molecular flexibility index (Phi) is 8.27. The molecule has 3 heterocycles. The molecule has 1 fully saturated rings. The van der Waals surface area contributed by atoms with Crippen LogP contribution in [-0.4, -0.2) is 25.5 Å². The number of rotatable bonds is 11. The van der Waals surface area contributed by atoms with E-state index in [1.807, 2.05) is 37.4 Å². The molecule has 5 rings (SSSR count). The Labute approximate surface area is 239 Å². The summed E-state index contributed by atoms with van der Waals surface area (Å²) < 4.78 is 17.0. The summed E-state index contributed by atoms with van der Waals surface area (Å²) in [5.74, 6) is 1.19. The molecule has 1 saturated carbocycles. The van der Waals surface area contributed by atoms with Crippen molar-refractivity contribution < 1.29 is 4.39 Å². The quantitative estimate of drug-likeness (QED) is 0.184. The highest BCUT2D eigenvalue weighted by molar-refractivity contribution is 8.00. The third kappa shape index (κ3) is 5.92. The third-order valence-corrected chi connectivity index (χ3v) is 8.44. The van der Waals surface area contributed by atoms with Gasteiger partial charge < -0.3 is 4.90 Å². The molecule has 0 bridgehead atoms. The first-order valence-electron chi connectivity index (χ1n) is 13.6. The lowest BCUT2D eigenvalue weighted by Crippen LogP contribution is -2.29. The van der Waals surface area contributed by atoms with Gasteiger partial charge in [-0.2, -0.15) is 5.26 Å². The average Bonchev–Trinajstić information content (AvgIpc) is 3.74. The maximum Gasteiger partial charge on any atom is 0.236 e. The van der Waals surface area contributed by atoms with Crippen LogP contribution in [0.15, 0.2) is 72.1 Å². The van der Waals surface area contributed by atoms with E-state index in [0.717, 1.165) is 46.9 Å². The summed E-state index contributed by atoms with van der Waals surface area (Å²) in [5, 5.41) is 9.52. The topological polar surface area (TPSA) is 81.8 Å². The van der Waals surface area contributed by atoms with Crippen LogP contribution in [0.1, 0.15) is 56.0 Å². The van der Waals surface area contributed by atoms with Crippen LogP contribution in [0.25, 0.3) is 0 Å². The first-order valence-corrected chi connectivity index (χ1v) is 14.3. The average molecular weight is 554 g/mol. The number of nitrogens with zero attached hydrogens (tertiary/aromatic N) is 7. The molecule has 40 heavy (non-hydrogen) atoms. The van der Waals surface area contributed by atoms with Gasteiger partial charge in [-0.3, -0.25) is 9.29 Å². The number of nitriles is 1. The second kappa shape index (κ2) is 12.0. The van der Waals surface area contributed by atoms with E-state index >= 15 is 0 Å². The van der Waals surface area contributed by atoms with E-state index in [4.69, 9.17) is 9.97 Å². The molecular formula is C31H32FN7S. The fourth-order valence-corrected chi connectivity index (χ4v) is 5.64. The predicted molar refractivity (Wildman–Crippen MR) is 157 cm³/mol. The number of benzene rings is 1. The van der Waals surface area contributed by atoms with Gasteiger partial charge in [0, 0.05) is 35.4 Å². The van der Waals surface area contributed by atoms with Crippen molar-refractivity contribution in [2.45, 2.75) is 69.9 Å². The third-order valence-electron chi connectivity index (χ3n) is 7.21. The second-order valence-electron chi connectivity index (χ2n) is 10.1. The zero-order chi connectivity index (χ0) is 28.1. The van der Waals surface area contributed by atoms with Crippen molar-refractivity contribution in [3.63, 3.8) is 0 Å². The van der Waals surface area contributed by atoms with E-state index in [1.54, 1.807) is 30.5 Å². The molecule has 0 saturated heterocycles. The summed E-state index contributed by atoms with van der Waals surface area (Å²) >= 11 is 1.60. The van der Waals surface area contributed by atoms with Crippen LogP contribution in [-0.2, 0) is 25.8 Å². The van der Waals surface area contributed by atoms with Crippen LogP contribution >= 0.6 is 11.9 Å². The highest BCUT2D eigenvalue weighted by Crippen LogP contribution is 2.47. The summed E-state index contributed by atoms with van der Waals surface area (Å²) in [7, 11) is 0. The minimum absolute atomic E-state index is 0.0216. The second-order valence-corrected chi connectivity index (χ2v) is 11.1. The van der Waals surface area contributed by atoms with Gasteiger partial charge in [0.15, 0.2) is 0 Å². The molecule has 204 valence electrons. The summed E-state index contributed by atoms with van der Waals surface area (Å²) in [6, 6.07) is 15.4. The van der Waals surface area contributed by atoms with Gasteiger partial charge in [-0.25, -0.2) is 19.3 Å². The van der Waals surface area contributed by atoms with E-state index in [-0.39, 0.29) is 17.8 Å². The van der Waals surface area contributed by atoms with Crippen molar-refractivity contribution in [1.29, 1.82) is 5.26 Å². The largest absolute Gasteiger partial charge is 0.320 e. The SMILES string of the molecule is CCc1cc(N(Cc2ccc(SN(c3ncccn3)C3(C)CC3)cn2)c2ncccc2CC)c(CC#N)cc1F. The summed E-state index contributed by atoms with van der Waals surface area (Å²) in [6.45, 7) is 6.66. The molecular weight excluding hydrogens is 521 g/mol. The number of pyridine rings is 2. The highest BCUT2D eigenvalue weighted by Gasteiger charge is 2.45. The van der Waals surface area contributed by atoms with Gasteiger partial charge in [0.2, 0.25) is 5.95 Å². The first kappa shape index (κ1) is 27.5. The lowest BCUT2D eigenvalue weighted by molar-refractivity contribution is 0.610. The monoisotopic (exact) mass is 553 g/mol. The Morgan fingerprint density at radius 3 is 2.35 bits per heavy atom. The molecule has 4 aromatic rings. The Morgan fingerprint density at radius 1 is 0.950 bits per heavy atom. The van der Waals surface area contributed by atoms with Gasteiger partial charge in [-0.1, -0.05) is 19.9 Å². The highest BCUT2D eigenvalue weighted by atomic mass is 32.2. The van der Waals surface area contributed by atoms with Crippen molar-refractivity contribution in [3.05, 3.63) is 95.5 Å². The van der Waals surface area contributed by atoms with Gasteiger partial charge in [-0.05, 0) is 97.6 Å². The van der Waals surface area contributed by atoms with Gasteiger partial charge >= 0.3 is 0 Å². The molecule has 0 spiro atoms. The Bertz CT molecular complexity index is 1500. The number of aromatic nitrogens is 4. The van der Waals surface area contributed by atoms with Gasteiger partial charge in [0.25, 0.3) is 0 Å². The molecule has 0 N–H and O–H groups in total. The van der Waals surface area contributed by atoms with Crippen LogP contribution in [0.2, 0.25) is 0 Å². The molecule has 9 heteroatoms. The maximum atomic E-state index is 14.8. The number of anilines is 3. The van der Waals surface area contributed by atoms with Crippen LogP contribution in [0, 0.1) is 17.1 Å². The molecule has 0 atom stereocenters. The Balaban J connectivity index is 1.48. The molecule has 0 amide bonds. The number of aryl methyl sites for hydroxylation is 2. The molecule has 7 nitrogen and oxygen atoms in total. The van der Waals surface area contributed by atoms with Crippen LogP contribution in [0.4, 0.5) is 21.8 Å². The minimum Gasteiger partial charge on any atom is -0.320 e. The lowest BCUT2D eigenvalue weighted by Gasteiger charge is -2.29. The number of halogens is 1. The smallest absolute Gasteiger partial charge is 0.236 e. The van der Waals surface area contributed by atoms with Crippen LogP contribution < -0.4 is 9.21 Å². The maximum absolute atomic E-state index is 14.8. The fraction of sp³-hybridized carbons (Fsp3) is 0.323. The van der Waals surface area contributed by atoms with E-state index in [2.05, 4.69) is 51.2 Å². The van der Waals surface area contributed by atoms with E-state index in [9.17, 15) is 9.65 Å².